The van der Waals surface area contributed by atoms with E-state index in [-0.39, 0.29) is 56.3 Å². The number of fused-ring (bicyclic) bond motifs is 5. The van der Waals surface area contributed by atoms with E-state index in [2.05, 4.69) is 52.2 Å². The van der Waals surface area contributed by atoms with Crippen molar-refractivity contribution in [3.8, 4) is 0 Å². The van der Waals surface area contributed by atoms with Crippen molar-refractivity contribution >= 4 is 23.6 Å². The summed E-state index contributed by atoms with van der Waals surface area (Å²) in [4.78, 5) is 50.7. The number of rotatable bonds is 31. The maximum atomic E-state index is 13.1. The predicted octanol–water partition coefficient (Wildman–Crippen LogP) is 12.3. The molecule has 0 spiro atoms. The van der Waals surface area contributed by atoms with Gasteiger partial charge >= 0.3 is 5.97 Å². The number of hydrogen-bond acceptors (Lipinski definition) is 7. The number of ether oxygens (including phenoxy) is 2. The Kier molecular flexibility index (Phi) is 24.1. The minimum Gasteiger partial charge on any atom is -0.463 e. The summed E-state index contributed by atoms with van der Waals surface area (Å²) in [5.74, 6) is 4.05. The van der Waals surface area contributed by atoms with Gasteiger partial charge in [-0.15, -0.1) is 0 Å². The fourth-order valence-corrected chi connectivity index (χ4v) is 13.4. The van der Waals surface area contributed by atoms with E-state index in [1.165, 1.54) is 116 Å². The summed E-state index contributed by atoms with van der Waals surface area (Å²) in [7, 11) is 0. The molecule has 9 nitrogen and oxygen atoms in total. The first-order valence-corrected chi connectivity index (χ1v) is 27.3. The molecule has 0 radical (unpaired) electrons. The molecule has 65 heavy (non-hydrogen) atoms. The average molecular weight is 911 g/mol. The zero-order chi connectivity index (χ0) is 47.4. The third kappa shape index (κ3) is 17.3. The van der Waals surface area contributed by atoms with Crippen LogP contribution < -0.4 is 10.6 Å². The fourth-order valence-electron chi connectivity index (χ4n) is 13.4. The Morgan fingerprint density at radius 3 is 2.08 bits per heavy atom. The Morgan fingerprint density at radius 1 is 0.738 bits per heavy atom. The maximum absolute atomic E-state index is 13.1. The van der Waals surface area contributed by atoms with Crippen LogP contribution in [0.1, 0.15) is 222 Å². The molecule has 4 fully saturated rings. The van der Waals surface area contributed by atoms with Gasteiger partial charge in [0.15, 0.2) is 0 Å². The van der Waals surface area contributed by atoms with E-state index in [1.807, 2.05) is 6.08 Å². The molecule has 0 bridgehead atoms. The molecule has 0 aromatic carbocycles. The topological polar surface area (TPSA) is 131 Å². The number of esters is 1. The Hall–Kier alpha value is -2.26. The van der Waals surface area contributed by atoms with Gasteiger partial charge in [-0.2, -0.15) is 0 Å². The SMILES string of the molecule is CCCCCCCCCCCCC/C=C/[C@@H](O)[C@H](COC(=O)CCC(=O)C(C)C)NC(=O)CNC(=O)CO[C@H]1CC[C@@]2(C)C(CCC3C2CC[C@@]2(C)C3CC[C@@H]2C(C)CCCC(C)C)C1. The number of hydrogen-bond donors (Lipinski definition) is 3. The quantitative estimate of drug-likeness (QED) is 0.0359. The maximum Gasteiger partial charge on any atom is 0.306 e. The van der Waals surface area contributed by atoms with Gasteiger partial charge in [0.2, 0.25) is 11.8 Å². The smallest absolute Gasteiger partial charge is 0.306 e. The Morgan fingerprint density at radius 2 is 1.40 bits per heavy atom. The molecule has 0 aromatic heterocycles. The lowest BCUT2D eigenvalue weighted by Crippen LogP contribution is -2.54. The minimum atomic E-state index is -1.09. The lowest BCUT2D eigenvalue weighted by atomic mass is 9.44. The molecule has 4 aliphatic carbocycles. The number of amides is 2. The van der Waals surface area contributed by atoms with Crippen molar-refractivity contribution in [1.29, 1.82) is 0 Å². The first-order valence-electron chi connectivity index (χ1n) is 27.3. The molecule has 2 amide bonds. The first kappa shape index (κ1) is 55.3. The number of carbonyl (C=O) groups excluding carboxylic acids is 4. The van der Waals surface area contributed by atoms with Gasteiger partial charge in [0, 0.05) is 12.3 Å². The first-order chi connectivity index (χ1) is 31.1. The highest BCUT2D eigenvalue weighted by molar-refractivity contribution is 5.85. The molecule has 9 heteroatoms. The van der Waals surface area contributed by atoms with Crippen molar-refractivity contribution in [3.05, 3.63) is 12.2 Å². The normalized spacial score (nSPS) is 28.9. The van der Waals surface area contributed by atoms with Gasteiger partial charge in [0.05, 0.1) is 31.2 Å². The monoisotopic (exact) mass is 911 g/mol. The van der Waals surface area contributed by atoms with Crippen LogP contribution in [0.4, 0.5) is 0 Å². The molecule has 3 N–H and O–H groups in total. The largest absolute Gasteiger partial charge is 0.463 e. The van der Waals surface area contributed by atoms with Gasteiger partial charge < -0.3 is 25.2 Å². The van der Waals surface area contributed by atoms with Crippen LogP contribution in [0, 0.1) is 58.2 Å². The number of ketones is 1. The summed E-state index contributed by atoms with van der Waals surface area (Å²) in [5, 5.41) is 16.5. The third-order valence-corrected chi connectivity index (χ3v) is 17.4. The number of nitrogens with one attached hydrogen (secondary N) is 2. The molecule has 374 valence electrons. The van der Waals surface area contributed by atoms with Gasteiger partial charge in [-0.1, -0.05) is 151 Å². The molecule has 5 unspecified atom stereocenters. The van der Waals surface area contributed by atoms with Gasteiger partial charge in [-0.3, -0.25) is 19.2 Å². The standard InChI is InChI=1S/C56H98N2O7/c1-9-10-11-12-13-14-15-16-17-18-19-20-21-25-51(60)49(38-65-54(63)31-30-50(59)41(4)5)58-52(61)37-57-53(62)39-64-44-32-34-55(7)43(36-44)26-27-45-47-29-28-46(42(6)24-22-23-40(2)3)56(47,8)35-33-48(45)55/h21,25,40-49,51,60H,9-20,22-24,26-39H2,1-8H3,(H,57,62)(H,58,61)/b25-21+/t42?,43?,44-,45?,46+,47?,48?,49-,51+,55-,56+/m0/s1. The van der Waals surface area contributed by atoms with E-state index in [1.54, 1.807) is 19.9 Å². The van der Waals surface area contributed by atoms with Crippen molar-refractivity contribution in [2.45, 2.75) is 241 Å². The van der Waals surface area contributed by atoms with Gasteiger partial charge in [-0.05, 0) is 123 Å². The van der Waals surface area contributed by atoms with E-state index >= 15 is 0 Å². The number of carbonyl (C=O) groups is 4. The molecule has 4 aliphatic rings. The second kappa shape index (κ2) is 28.3. The van der Waals surface area contributed by atoms with E-state index in [0.717, 1.165) is 74.0 Å². The van der Waals surface area contributed by atoms with Crippen molar-refractivity contribution in [1.82, 2.24) is 10.6 Å². The summed E-state index contributed by atoms with van der Waals surface area (Å²) in [6, 6.07) is -0.906. The van der Waals surface area contributed by atoms with Crippen molar-refractivity contribution < 1.29 is 33.8 Å². The lowest BCUT2D eigenvalue weighted by Gasteiger charge is -2.61. The van der Waals surface area contributed by atoms with E-state index in [0.29, 0.717) is 16.7 Å². The summed E-state index contributed by atoms with van der Waals surface area (Å²) >= 11 is 0. The van der Waals surface area contributed by atoms with E-state index in [9.17, 15) is 24.3 Å². The summed E-state index contributed by atoms with van der Waals surface area (Å²) in [6.07, 6.45) is 32.7. The molecular weight excluding hydrogens is 813 g/mol. The Labute approximate surface area is 397 Å². The van der Waals surface area contributed by atoms with Crippen LogP contribution in [0.15, 0.2) is 12.2 Å². The number of Topliss-reactive ketones (excluding diaryl/α,β-unsaturated/α-hetero) is 1. The van der Waals surface area contributed by atoms with E-state index < -0.39 is 24.0 Å². The molecule has 0 aromatic rings. The van der Waals surface area contributed by atoms with Crippen LogP contribution in [0.25, 0.3) is 0 Å². The van der Waals surface area contributed by atoms with Crippen LogP contribution in [0.5, 0.6) is 0 Å². The van der Waals surface area contributed by atoms with Crippen LogP contribution in [0.2, 0.25) is 0 Å². The van der Waals surface area contributed by atoms with Gasteiger partial charge in [-0.25, -0.2) is 0 Å². The summed E-state index contributed by atoms with van der Waals surface area (Å²) in [5.41, 5.74) is 0.840. The van der Waals surface area contributed by atoms with Crippen LogP contribution >= 0.6 is 0 Å². The lowest BCUT2D eigenvalue weighted by molar-refractivity contribution is -0.147. The number of aliphatic hydroxyl groups excluding tert-OH is 1. The molecule has 4 rings (SSSR count). The number of unbranched alkanes of at least 4 members (excludes halogenated alkanes) is 11. The number of aliphatic hydroxyl groups is 1. The van der Waals surface area contributed by atoms with Crippen molar-refractivity contribution in [2.24, 2.45) is 58.2 Å². The van der Waals surface area contributed by atoms with Crippen molar-refractivity contribution in [2.75, 3.05) is 19.8 Å². The summed E-state index contributed by atoms with van der Waals surface area (Å²) in [6.45, 7) is 17.8. The predicted molar refractivity (Wildman–Crippen MR) is 264 cm³/mol. The molecular formula is C56H98N2O7. The fraction of sp³-hybridized carbons (Fsp3) is 0.893. The van der Waals surface area contributed by atoms with Gasteiger partial charge in [0.25, 0.3) is 0 Å². The van der Waals surface area contributed by atoms with Crippen LogP contribution in [-0.4, -0.2) is 66.7 Å². The zero-order valence-electron chi connectivity index (χ0n) is 42.9. The molecule has 11 atom stereocenters. The zero-order valence-corrected chi connectivity index (χ0v) is 42.9. The van der Waals surface area contributed by atoms with E-state index in [4.69, 9.17) is 9.47 Å². The molecule has 0 aliphatic heterocycles. The van der Waals surface area contributed by atoms with Gasteiger partial charge in [0.1, 0.15) is 19.0 Å². The Bertz CT molecular complexity index is 1460. The summed E-state index contributed by atoms with van der Waals surface area (Å²) < 4.78 is 11.7. The molecule has 4 saturated carbocycles. The highest BCUT2D eigenvalue weighted by Gasteiger charge is 2.60. The highest BCUT2D eigenvalue weighted by Crippen LogP contribution is 2.68. The minimum absolute atomic E-state index is 0.0208. The molecule has 0 heterocycles. The average Bonchev–Trinajstić information content (AvgIpc) is 3.64. The second-order valence-electron chi connectivity index (χ2n) is 22.9. The Balaban J connectivity index is 1.19. The van der Waals surface area contributed by atoms with Crippen LogP contribution in [0.3, 0.4) is 0 Å². The van der Waals surface area contributed by atoms with Crippen LogP contribution in [-0.2, 0) is 28.7 Å². The molecule has 0 saturated heterocycles. The third-order valence-electron chi connectivity index (χ3n) is 17.4. The number of allylic oxidation sites excluding steroid dienone is 1. The van der Waals surface area contributed by atoms with Crippen molar-refractivity contribution in [3.63, 3.8) is 0 Å². The highest BCUT2D eigenvalue weighted by atomic mass is 16.5. The second-order valence-corrected chi connectivity index (χ2v) is 22.9.